The highest BCUT2D eigenvalue weighted by Gasteiger charge is 2.46. The summed E-state index contributed by atoms with van der Waals surface area (Å²) in [5, 5.41) is 0.519. The van der Waals surface area contributed by atoms with Crippen LogP contribution in [0.5, 0.6) is 5.75 Å². The second-order valence-corrected chi connectivity index (χ2v) is 9.25. The van der Waals surface area contributed by atoms with E-state index >= 15 is 0 Å². The van der Waals surface area contributed by atoms with E-state index in [2.05, 4.69) is 14.7 Å². The number of fused-ring (bicyclic) bond motifs is 1. The normalized spacial score (nSPS) is 18.8. The van der Waals surface area contributed by atoms with Crippen LogP contribution >= 0.6 is 0 Å². The second kappa shape index (κ2) is 7.42. The molecule has 168 valence electrons. The highest BCUT2D eigenvalue weighted by atomic mass is 19.4. The van der Waals surface area contributed by atoms with Crippen LogP contribution in [0.3, 0.4) is 0 Å². The summed E-state index contributed by atoms with van der Waals surface area (Å²) in [5.74, 6) is 0.301. The van der Waals surface area contributed by atoms with Crippen LogP contribution < -0.4 is 9.64 Å². The number of hydrogen-bond acceptors (Lipinski definition) is 6. The number of piperidine rings is 1. The fraction of sp³-hybridized carbons (Fsp3) is 0.571. The molecule has 1 aromatic heterocycles. The Bertz CT molecular complexity index is 974. The largest absolute Gasteiger partial charge is 0.573 e. The number of benzene rings is 1. The molecule has 0 radical (unpaired) electrons. The number of likely N-dealkylation sites (tertiary alicyclic amines) is 1. The van der Waals surface area contributed by atoms with Crippen molar-refractivity contribution < 1.29 is 27.4 Å². The number of amides is 1. The average Bonchev–Trinajstić information content (AvgIpc) is 2.63. The first-order valence-electron chi connectivity index (χ1n) is 10.2. The Hall–Kier alpha value is -2.78. The quantitative estimate of drug-likeness (QED) is 0.694. The van der Waals surface area contributed by atoms with E-state index < -0.39 is 12.0 Å². The van der Waals surface area contributed by atoms with Gasteiger partial charge in [-0.15, -0.1) is 13.2 Å². The van der Waals surface area contributed by atoms with Gasteiger partial charge in [0, 0.05) is 37.0 Å². The number of rotatable bonds is 2. The van der Waals surface area contributed by atoms with E-state index in [9.17, 15) is 18.0 Å². The predicted octanol–water partition coefficient (Wildman–Crippen LogP) is 4.37. The maximum Gasteiger partial charge on any atom is 0.573 e. The predicted molar refractivity (Wildman–Crippen MR) is 108 cm³/mol. The molecule has 0 atom stereocenters. The standard InChI is InChI=1S/C21H25F3N4O3/c1-19(2,3)31-18(29)27-8-6-20(7-9-27)11-28(12-20)17-15-10-14(30-21(22,23)24)4-5-16(15)25-13-26-17/h4-5,10,13H,6-9,11-12H2,1-3H3. The summed E-state index contributed by atoms with van der Waals surface area (Å²) in [5.41, 5.74) is 0.0955. The van der Waals surface area contributed by atoms with Crippen molar-refractivity contribution in [3.8, 4) is 5.75 Å². The summed E-state index contributed by atoms with van der Waals surface area (Å²) in [6, 6.07) is 4.07. The zero-order chi connectivity index (χ0) is 22.4. The van der Waals surface area contributed by atoms with Gasteiger partial charge in [-0.2, -0.15) is 0 Å². The topological polar surface area (TPSA) is 67.8 Å². The van der Waals surface area contributed by atoms with Crippen molar-refractivity contribution in [2.24, 2.45) is 5.41 Å². The van der Waals surface area contributed by atoms with Crippen molar-refractivity contribution in [3.63, 3.8) is 0 Å². The first kappa shape index (κ1) is 21.5. The van der Waals surface area contributed by atoms with Gasteiger partial charge in [0.1, 0.15) is 23.5 Å². The molecule has 2 aromatic rings. The van der Waals surface area contributed by atoms with Crippen LogP contribution in [0, 0.1) is 5.41 Å². The fourth-order valence-corrected chi connectivity index (χ4v) is 4.19. The molecule has 31 heavy (non-hydrogen) atoms. The summed E-state index contributed by atoms with van der Waals surface area (Å²) in [4.78, 5) is 24.5. The number of ether oxygens (including phenoxy) is 2. The van der Waals surface area contributed by atoms with Crippen molar-refractivity contribution in [2.75, 3.05) is 31.1 Å². The number of carbonyl (C=O) groups excluding carboxylic acids is 1. The highest BCUT2D eigenvalue weighted by molar-refractivity contribution is 5.90. The maximum absolute atomic E-state index is 12.6. The zero-order valence-electron chi connectivity index (χ0n) is 17.7. The first-order chi connectivity index (χ1) is 14.4. The monoisotopic (exact) mass is 438 g/mol. The SMILES string of the molecule is CC(C)(C)OC(=O)N1CCC2(CC1)CN(c1ncnc3ccc(OC(F)(F)F)cc13)C2. The Balaban J connectivity index is 1.43. The lowest BCUT2D eigenvalue weighted by molar-refractivity contribution is -0.274. The molecular weight excluding hydrogens is 413 g/mol. The summed E-state index contributed by atoms with van der Waals surface area (Å²) in [6.45, 7) is 8.23. The molecule has 0 unspecified atom stereocenters. The van der Waals surface area contributed by atoms with E-state index in [0.717, 1.165) is 25.9 Å². The van der Waals surface area contributed by atoms with Gasteiger partial charge in [-0.25, -0.2) is 14.8 Å². The van der Waals surface area contributed by atoms with Gasteiger partial charge in [0.25, 0.3) is 0 Å². The van der Waals surface area contributed by atoms with Gasteiger partial charge in [0.05, 0.1) is 5.52 Å². The molecular formula is C21H25F3N4O3. The number of nitrogens with zero attached hydrogens (tertiary/aromatic N) is 4. The molecule has 2 saturated heterocycles. The van der Waals surface area contributed by atoms with Crippen LogP contribution in [0.1, 0.15) is 33.6 Å². The highest BCUT2D eigenvalue weighted by Crippen LogP contribution is 2.44. The lowest BCUT2D eigenvalue weighted by Gasteiger charge is -2.54. The Kier molecular flexibility index (Phi) is 5.13. The molecule has 1 spiro atoms. The van der Waals surface area contributed by atoms with E-state index in [4.69, 9.17) is 4.74 Å². The second-order valence-electron chi connectivity index (χ2n) is 9.25. The van der Waals surface area contributed by atoms with Gasteiger partial charge >= 0.3 is 12.5 Å². The lowest BCUT2D eigenvalue weighted by Crippen LogP contribution is -2.61. The number of halogens is 3. The number of alkyl halides is 3. The van der Waals surface area contributed by atoms with Crippen LogP contribution in [-0.2, 0) is 4.74 Å². The number of carbonyl (C=O) groups is 1. The first-order valence-corrected chi connectivity index (χ1v) is 10.2. The molecule has 1 amide bonds. The van der Waals surface area contributed by atoms with Crippen molar-refractivity contribution in [1.29, 1.82) is 0 Å². The number of anilines is 1. The Morgan fingerprint density at radius 3 is 2.39 bits per heavy atom. The molecule has 10 heteroatoms. The molecule has 2 fully saturated rings. The molecule has 2 aliphatic heterocycles. The van der Waals surface area contributed by atoms with Gasteiger partial charge in [-0.05, 0) is 51.8 Å². The van der Waals surface area contributed by atoms with Gasteiger partial charge in [0.15, 0.2) is 0 Å². The summed E-state index contributed by atoms with van der Waals surface area (Å²) in [6.07, 6.45) is -1.95. The average molecular weight is 438 g/mol. The third kappa shape index (κ3) is 4.77. The smallest absolute Gasteiger partial charge is 0.444 e. The van der Waals surface area contributed by atoms with E-state index in [1.54, 1.807) is 4.90 Å². The number of aromatic nitrogens is 2. The van der Waals surface area contributed by atoms with Crippen LogP contribution in [-0.4, -0.2) is 59.1 Å². The molecule has 7 nitrogen and oxygen atoms in total. The zero-order valence-corrected chi connectivity index (χ0v) is 17.7. The van der Waals surface area contributed by atoms with Crippen molar-refractivity contribution in [1.82, 2.24) is 14.9 Å². The fourth-order valence-electron chi connectivity index (χ4n) is 4.19. The van der Waals surface area contributed by atoms with E-state index in [-0.39, 0.29) is 17.3 Å². The molecule has 1 aromatic carbocycles. The molecule has 3 heterocycles. The van der Waals surface area contributed by atoms with E-state index in [1.165, 1.54) is 24.5 Å². The van der Waals surface area contributed by atoms with Gasteiger partial charge < -0.3 is 19.3 Å². The molecule has 4 rings (SSSR count). The van der Waals surface area contributed by atoms with Crippen LogP contribution in [0.15, 0.2) is 24.5 Å². The van der Waals surface area contributed by atoms with Crippen LogP contribution in [0.4, 0.5) is 23.8 Å². The van der Waals surface area contributed by atoms with Crippen LogP contribution in [0.25, 0.3) is 10.9 Å². The molecule has 0 aliphatic carbocycles. The Labute approximate surface area is 178 Å². The number of hydrogen-bond donors (Lipinski definition) is 0. The molecule has 0 bridgehead atoms. The minimum absolute atomic E-state index is 0.0653. The third-order valence-electron chi connectivity index (χ3n) is 5.65. The lowest BCUT2D eigenvalue weighted by atomic mass is 9.72. The van der Waals surface area contributed by atoms with Gasteiger partial charge in [0.2, 0.25) is 0 Å². The molecule has 2 aliphatic rings. The molecule has 0 saturated carbocycles. The van der Waals surface area contributed by atoms with E-state index in [0.29, 0.717) is 29.8 Å². The van der Waals surface area contributed by atoms with E-state index in [1.807, 2.05) is 25.7 Å². The summed E-state index contributed by atoms with van der Waals surface area (Å²) < 4.78 is 47.3. The third-order valence-corrected chi connectivity index (χ3v) is 5.65. The maximum atomic E-state index is 12.6. The Morgan fingerprint density at radius 2 is 1.77 bits per heavy atom. The van der Waals surface area contributed by atoms with Crippen molar-refractivity contribution in [3.05, 3.63) is 24.5 Å². The van der Waals surface area contributed by atoms with Gasteiger partial charge in [-0.3, -0.25) is 0 Å². The molecule has 0 N–H and O–H groups in total. The van der Waals surface area contributed by atoms with Crippen LogP contribution in [0.2, 0.25) is 0 Å². The van der Waals surface area contributed by atoms with Crippen molar-refractivity contribution in [2.45, 2.75) is 45.6 Å². The van der Waals surface area contributed by atoms with Crippen molar-refractivity contribution >= 4 is 22.8 Å². The summed E-state index contributed by atoms with van der Waals surface area (Å²) >= 11 is 0. The van der Waals surface area contributed by atoms with Gasteiger partial charge in [-0.1, -0.05) is 0 Å². The Morgan fingerprint density at radius 1 is 1.10 bits per heavy atom. The summed E-state index contributed by atoms with van der Waals surface area (Å²) in [7, 11) is 0. The minimum atomic E-state index is -4.76. The minimum Gasteiger partial charge on any atom is -0.444 e.